The summed E-state index contributed by atoms with van der Waals surface area (Å²) in [4.78, 5) is 18.6. The molecule has 1 unspecified atom stereocenters. The van der Waals surface area contributed by atoms with Gasteiger partial charge in [-0.05, 0) is 25.0 Å². The minimum Gasteiger partial charge on any atom is -0.368 e. The zero-order chi connectivity index (χ0) is 18.9. The summed E-state index contributed by atoms with van der Waals surface area (Å²) in [6.45, 7) is 4.89. The fourth-order valence-electron chi connectivity index (χ4n) is 4.47. The van der Waals surface area contributed by atoms with Crippen molar-refractivity contribution in [1.29, 1.82) is 0 Å². The summed E-state index contributed by atoms with van der Waals surface area (Å²) in [5.74, 6) is 2.32. The van der Waals surface area contributed by atoms with E-state index in [9.17, 15) is 0 Å². The predicted molar refractivity (Wildman–Crippen MR) is 113 cm³/mol. The van der Waals surface area contributed by atoms with Crippen LogP contribution in [-0.4, -0.2) is 53.7 Å². The number of nitrogens with one attached hydrogen (secondary N) is 2. The molecule has 2 aliphatic heterocycles. The lowest BCUT2D eigenvalue weighted by Gasteiger charge is -2.29. The van der Waals surface area contributed by atoms with Gasteiger partial charge in [0.15, 0.2) is 0 Å². The number of rotatable bonds is 4. The highest BCUT2D eigenvalue weighted by molar-refractivity contribution is 6.22. The van der Waals surface area contributed by atoms with E-state index in [1.54, 1.807) is 0 Å². The summed E-state index contributed by atoms with van der Waals surface area (Å²) in [6, 6.07) is 4.66. The average Bonchev–Trinajstić information content (AvgIpc) is 3.37. The van der Waals surface area contributed by atoms with Crippen LogP contribution in [0.3, 0.4) is 0 Å². The highest BCUT2D eigenvalue weighted by atomic mass is 35.5. The summed E-state index contributed by atoms with van der Waals surface area (Å²) in [6.07, 6.45) is 8.83. The van der Waals surface area contributed by atoms with Crippen molar-refractivity contribution in [3.05, 3.63) is 30.1 Å². The molecule has 7 nitrogen and oxygen atoms in total. The highest BCUT2D eigenvalue weighted by Crippen LogP contribution is 2.41. The fraction of sp³-hybridized carbons (Fsp3) is 0.550. The summed E-state index contributed by atoms with van der Waals surface area (Å²) in [5.41, 5.74) is 2.19. The molecule has 3 aliphatic rings. The van der Waals surface area contributed by atoms with Gasteiger partial charge in [-0.2, -0.15) is 4.98 Å². The van der Waals surface area contributed by atoms with Crippen molar-refractivity contribution in [3.8, 4) is 0 Å². The Hall–Kier alpha value is -2.12. The first-order valence-corrected chi connectivity index (χ1v) is 10.7. The van der Waals surface area contributed by atoms with Crippen LogP contribution < -0.4 is 20.4 Å². The van der Waals surface area contributed by atoms with Crippen LogP contribution >= 0.6 is 11.6 Å². The third-order valence-corrected chi connectivity index (χ3v) is 6.37. The molecule has 4 heterocycles. The van der Waals surface area contributed by atoms with E-state index >= 15 is 0 Å². The number of halogens is 1. The van der Waals surface area contributed by atoms with Crippen LogP contribution in [-0.2, 0) is 0 Å². The number of pyridine rings is 1. The van der Waals surface area contributed by atoms with Gasteiger partial charge in [0.2, 0.25) is 5.95 Å². The lowest BCUT2D eigenvalue weighted by Crippen LogP contribution is -2.43. The molecule has 2 fully saturated rings. The smallest absolute Gasteiger partial charge is 0.230 e. The molecule has 2 aromatic rings. The first-order chi connectivity index (χ1) is 13.8. The zero-order valence-electron chi connectivity index (χ0n) is 15.9. The molecule has 1 aliphatic carbocycles. The van der Waals surface area contributed by atoms with E-state index in [0.29, 0.717) is 12.0 Å². The molecule has 2 N–H and O–H groups in total. The summed E-state index contributed by atoms with van der Waals surface area (Å²) < 4.78 is 0. The summed E-state index contributed by atoms with van der Waals surface area (Å²) >= 11 is 6.56. The quantitative estimate of drug-likeness (QED) is 0.765. The van der Waals surface area contributed by atoms with Gasteiger partial charge in [-0.25, -0.2) is 9.97 Å². The standard InChI is InChI=1S/C20H26ClN7/c21-17-13-28(14-3-1-2-4-14)19-16(17)12-24-20(26-19)25-18-6-5-15(11-23-18)27-9-7-22-8-10-27/h5-6,11-12,14,17,22H,1-4,7-10,13H2,(H,23,24,25,26). The summed E-state index contributed by atoms with van der Waals surface area (Å²) in [7, 11) is 0. The van der Waals surface area contributed by atoms with Crippen molar-refractivity contribution < 1.29 is 0 Å². The third-order valence-electron chi connectivity index (χ3n) is 6.00. The Labute approximate surface area is 170 Å². The number of fused-ring (bicyclic) bond motifs is 1. The van der Waals surface area contributed by atoms with Crippen LogP contribution in [0.2, 0.25) is 0 Å². The maximum absolute atomic E-state index is 6.56. The highest BCUT2D eigenvalue weighted by Gasteiger charge is 2.35. The van der Waals surface area contributed by atoms with Crippen molar-refractivity contribution >= 4 is 34.9 Å². The molecule has 148 valence electrons. The number of nitrogens with zero attached hydrogens (tertiary/aromatic N) is 5. The molecule has 1 saturated heterocycles. The number of hydrogen-bond donors (Lipinski definition) is 2. The maximum atomic E-state index is 6.56. The van der Waals surface area contributed by atoms with Crippen molar-refractivity contribution in [2.24, 2.45) is 0 Å². The number of hydrogen-bond acceptors (Lipinski definition) is 7. The second-order valence-electron chi connectivity index (χ2n) is 7.79. The van der Waals surface area contributed by atoms with Crippen LogP contribution in [0.25, 0.3) is 0 Å². The SMILES string of the molecule is ClC1CN(C2CCCC2)c2nc(Nc3ccc(N4CCNCC4)cn3)ncc21. The maximum Gasteiger partial charge on any atom is 0.230 e. The van der Waals surface area contributed by atoms with E-state index in [0.717, 1.165) is 55.6 Å². The van der Waals surface area contributed by atoms with Crippen LogP contribution in [0.4, 0.5) is 23.3 Å². The normalized spacial score (nSPS) is 22.5. The van der Waals surface area contributed by atoms with Gasteiger partial charge in [-0.1, -0.05) is 12.8 Å². The Balaban J connectivity index is 1.32. The Bertz CT molecular complexity index is 816. The minimum atomic E-state index is -0.0268. The fourth-order valence-corrected chi connectivity index (χ4v) is 4.78. The topological polar surface area (TPSA) is 69.2 Å². The lowest BCUT2D eigenvalue weighted by molar-refractivity contribution is 0.589. The van der Waals surface area contributed by atoms with Gasteiger partial charge in [0.05, 0.1) is 17.3 Å². The molecule has 1 saturated carbocycles. The minimum absolute atomic E-state index is 0.0268. The average molecular weight is 400 g/mol. The van der Waals surface area contributed by atoms with E-state index in [-0.39, 0.29) is 5.38 Å². The Kier molecular flexibility index (Phi) is 4.94. The first kappa shape index (κ1) is 17.9. The zero-order valence-corrected chi connectivity index (χ0v) is 16.7. The van der Waals surface area contributed by atoms with E-state index in [4.69, 9.17) is 16.6 Å². The van der Waals surface area contributed by atoms with Crippen LogP contribution in [0.15, 0.2) is 24.5 Å². The van der Waals surface area contributed by atoms with Crippen LogP contribution in [0.1, 0.15) is 36.6 Å². The molecule has 1 atom stereocenters. The number of piperazine rings is 1. The van der Waals surface area contributed by atoms with Gasteiger partial charge in [0, 0.05) is 50.5 Å². The number of alkyl halides is 1. The third kappa shape index (κ3) is 3.49. The largest absolute Gasteiger partial charge is 0.368 e. The molecule has 0 radical (unpaired) electrons. The first-order valence-electron chi connectivity index (χ1n) is 10.2. The second-order valence-corrected chi connectivity index (χ2v) is 8.32. The lowest BCUT2D eigenvalue weighted by atomic mass is 10.2. The molecule has 0 amide bonds. The molecule has 0 aromatic carbocycles. The molecule has 2 aromatic heterocycles. The van der Waals surface area contributed by atoms with Gasteiger partial charge in [-0.3, -0.25) is 0 Å². The molecule has 0 spiro atoms. The van der Waals surface area contributed by atoms with Gasteiger partial charge in [0.25, 0.3) is 0 Å². The van der Waals surface area contributed by atoms with Gasteiger partial charge in [-0.15, -0.1) is 11.6 Å². The van der Waals surface area contributed by atoms with Crippen molar-refractivity contribution in [1.82, 2.24) is 20.3 Å². The summed E-state index contributed by atoms with van der Waals surface area (Å²) in [5, 5.41) is 6.60. The molecule has 8 heteroatoms. The molecule has 0 bridgehead atoms. The monoisotopic (exact) mass is 399 g/mol. The van der Waals surface area contributed by atoms with Crippen molar-refractivity contribution in [3.63, 3.8) is 0 Å². The number of anilines is 4. The van der Waals surface area contributed by atoms with Crippen molar-refractivity contribution in [2.45, 2.75) is 37.1 Å². The van der Waals surface area contributed by atoms with Crippen LogP contribution in [0.5, 0.6) is 0 Å². The van der Waals surface area contributed by atoms with E-state index in [2.05, 4.69) is 36.5 Å². The van der Waals surface area contributed by atoms with Crippen molar-refractivity contribution in [2.75, 3.05) is 47.8 Å². The van der Waals surface area contributed by atoms with Gasteiger partial charge < -0.3 is 20.4 Å². The molecular weight excluding hydrogens is 374 g/mol. The van der Waals surface area contributed by atoms with E-state index < -0.39 is 0 Å². The van der Waals surface area contributed by atoms with Gasteiger partial charge >= 0.3 is 0 Å². The molecule has 28 heavy (non-hydrogen) atoms. The second kappa shape index (κ2) is 7.72. The molecular formula is C20H26ClN7. The Morgan fingerprint density at radius 1 is 1.07 bits per heavy atom. The Morgan fingerprint density at radius 2 is 1.89 bits per heavy atom. The number of aromatic nitrogens is 3. The van der Waals surface area contributed by atoms with Crippen LogP contribution in [0, 0.1) is 0 Å². The molecule has 5 rings (SSSR count). The van der Waals surface area contributed by atoms with Gasteiger partial charge in [0.1, 0.15) is 11.6 Å². The van der Waals surface area contributed by atoms with E-state index in [1.165, 1.54) is 25.7 Å². The Morgan fingerprint density at radius 3 is 2.64 bits per heavy atom. The van der Waals surface area contributed by atoms with E-state index in [1.807, 2.05) is 18.5 Å². The predicted octanol–water partition coefficient (Wildman–Crippen LogP) is 3.07.